The molecule has 134 valence electrons. The maximum absolute atomic E-state index is 10.2. The van der Waals surface area contributed by atoms with Gasteiger partial charge in [-0.25, -0.2) is 9.97 Å². The molecule has 1 aliphatic heterocycles. The highest BCUT2D eigenvalue weighted by atomic mass is 35.5. The Hall–Kier alpha value is -1.25. The molecule has 0 spiro atoms. The van der Waals surface area contributed by atoms with Crippen LogP contribution in [0.2, 0.25) is 10.0 Å². The van der Waals surface area contributed by atoms with Crippen molar-refractivity contribution >= 4 is 46.6 Å². The third-order valence-electron chi connectivity index (χ3n) is 4.27. The van der Waals surface area contributed by atoms with Gasteiger partial charge in [0.25, 0.3) is 0 Å². The van der Waals surface area contributed by atoms with Crippen molar-refractivity contribution in [2.24, 2.45) is 5.73 Å². The molecular weight excluding hydrogens is 381 g/mol. The first-order valence-electron chi connectivity index (χ1n) is 7.74. The van der Waals surface area contributed by atoms with Crippen molar-refractivity contribution in [3.63, 3.8) is 0 Å². The molecule has 2 atom stereocenters. The molecule has 2 heterocycles. The first-order valence-corrected chi connectivity index (χ1v) is 9.31. The van der Waals surface area contributed by atoms with E-state index in [2.05, 4.69) is 9.97 Å². The van der Waals surface area contributed by atoms with E-state index in [1.165, 1.54) is 11.8 Å². The van der Waals surface area contributed by atoms with E-state index in [-0.39, 0.29) is 0 Å². The normalized spacial score (nSPS) is 23.7. The molecule has 0 saturated carbocycles. The molecule has 0 aliphatic carbocycles. The number of aliphatic hydroxyl groups excluding tert-OH is 1. The number of hydrogen-bond donors (Lipinski definition) is 3. The Balaban J connectivity index is 1.79. The maximum Gasteiger partial charge on any atom is 0.158 e. The number of halogens is 2. The fourth-order valence-corrected chi connectivity index (χ4v) is 3.82. The smallest absolute Gasteiger partial charge is 0.158 e. The lowest BCUT2D eigenvalue weighted by atomic mass is 9.88. The number of hydrogen-bond acceptors (Lipinski definition) is 7. The molecule has 1 fully saturated rings. The lowest BCUT2D eigenvalue weighted by molar-refractivity contribution is 0.0792. The Labute approximate surface area is 160 Å². The number of anilines is 2. The second kappa shape index (κ2) is 7.17. The van der Waals surface area contributed by atoms with E-state index in [9.17, 15) is 5.11 Å². The Morgan fingerprint density at radius 2 is 2.16 bits per heavy atom. The summed E-state index contributed by atoms with van der Waals surface area (Å²) in [7, 11) is 0. The van der Waals surface area contributed by atoms with Crippen LogP contribution >= 0.6 is 35.0 Å². The number of nitrogens with two attached hydrogens (primary N) is 2. The van der Waals surface area contributed by atoms with Crippen LogP contribution in [0.15, 0.2) is 34.3 Å². The number of nitrogen functional groups attached to an aromatic ring is 1. The third kappa shape index (κ3) is 3.96. The molecule has 1 aromatic carbocycles. The van der Waals surface area contributed by atoms with Crippen LogP contribution in [0.4, 0.5) is 11.6 Å². The van der Waals surface area contributed by atoms with Gasteiger partial charge in [0.2, 0.25) is 0 Å². The summed E-state index contributed by atoms with van der Waals surface area (Å²) in [5.41, 5.74) is 11.5. The first-order chi connectivity index (χ1) is 11.8. The Bertz CT molecular complexity index is 789. The van der Waals surface area contributed by atoms with Crippen molar-refractivity contribution < 1.29 is 5.11 Å². The largest absolute Gasteiger partial charge is 0.389 e. The van der Waals surface area contributed by atoms with Gasteiger partial charge in [0.05, 0.1) is 22.3 Å². The molecule has 1 aliphatic rings. The lowest BCUT2D eigenvalue weighted by Gasteiger charge is -2.41. The van der Waals surface area contributed by atoms with Crippen LogP contribution in [0, 0.1) is 0 Å². The third-order valence-corrected chi connectivity index (χ3v) is 6.27. The number of benzene rings is 1. The summed E-state index contributed by atoms with van der Waals surface area (Å²) in [5, 5.41) is 11.6. The highest BCUT2D eigenvalue weighted by Gasteiger charge is 2.35. The second-order valence-corrected chi connectivity index (χ2v) is 8.11. The molecule has 9 heteroatoms. The van der Waals surface area contributed by atoms with Crippen molar-refractivity contribution in [2.45, 2.75) is 34.9 Å². The number of aliphatic hydroxyl groups is 1. The minimum Gasteiger partial charge on any atom is -0.389 e. The lowest BCUT2D eigenvalue weighted by Crippen LogP contribution is -2.59. The van der Waals surface area contributed by atoms with Crippen LogP contribution in [-0.4, -0.2) is 39.8 Å². The van der Waals surface area contributed by atoms with Crippen molar-refractivity contribution in [1.29, 1.82) is 0 Å². The fourth-order valence-electron chi connectivity index (χ4n) is 2.54. The van der Waals surface area contributed by atoms with E-state index in [0.717, 1.165) is 4.90 Å². The summed E-state index contributed by atoms with van der Waals surface area (Å²) < 4.78 is 0. The summed E-state index contributed by atoms with van der Waals surface area (Å²) >= 11 is 13.5. The van der Waals surface area contributed by atoms with Gasteiger partial charge in [0.15, 0.2) is 5.82 Å². The molecule has 0 amide bonds. The van der Waals surface area contributed by atoms with E-state index in [1.807, 2.05) is 24.0 Å². The first kappa shape index (κ1) is 18.5. The van der Waals surface area contributed by atoms with E-state index < -0.39 is 11.6 Å². The molecule has 6 nitrogen and oxygen atoms in total. The van der Waals surface area contributed by atoms with Gasteiger partial charge in [-0.15, -0.1) is 0 Å². The van der Waals surface area contributed by atoms with Crippen molar-refractivity contribution in [2.75, 3.05) is 23.7 Å². The predicted octanol–water partition coefficient (Wildman–Crippen LogP) is 2.81. The number of piperidine rings is 1. The quantitative estimate of drug-likeness (QED) is 0.728. The van der Waals surface area contributed by atoms with Gasteiger partial charge in [-0.05, 0) is 25.5 Å². The zero-order chi connectivity index (χ0) is 18.2. The molecule has 0 bridgehead atoms. The molecule has 25 heavy (non-hydrogen) atoms. The molecule has 2 aromatic rings. The van der Waals surface area contributed by atoms with Gasteiger partial charge >= 0.3 is 0 Å². The maximum atomic E-state index is 10.2. The molecule has 1 saturated heterocycles. The van der Waals surface area contributed by atoms with E-state index in [0.29, 0.717) is 46.2 Å². The van der Waals surface area contributed by atoms with Gasteiger partial charge < -0.3 is 21.5 Å². The van der Waals surface area contributed by atoms with Crippen molar-refractivity contribution in [3.05, 3.63) is 34.4 Å². The Morgan fingerprint density at radius 3 is 2.84 bits per heavy atom. The van der Waals surface area contributed by atoms with Gasteiger partial charge in [-0.3, -0.25) is 0 Å². The van der Waals surface area contributed by atoms with Crippen LogP contribution < -0.4 is 16.4 Å². The molecule has 5 N–H and O–H groups in total. The summed E-state index contributed by atoms with van der Waals surface area (Å²) in [6, 6.07) is 5.38. The molecule has 0 unspecified atom stereocenters. The number of rotatable bonds is 3. The van der Waals surface area contributed by atoms with Crippen LogP contribution in [0.1, 0.15) is 13.3 Å². The van der Waals surface area contributed by atoms with Crippen LogP contribution in [0.5, 0.6) is 0 Å². The molecule has 3 rings (SSSR count). The molecule has 1 aromatic heterocycles. The average Bonchev–Trinajstić information content (AvgIpc) is 2.56. The average molecular weight is 400 g/mol. The van der Waals surface area contributed by atoms with E-state index >= 15 is 0 Å². The van der Waals surface area contributed by atoms with Crippen molar-refractivity contribution in [3.8, 4) is 0 Å². The molecule has 0 radical (unpaired) electrons. The summed E-state index contributed by atoms with van der Waals surface area (Å²) in [5.74, 6) is 0.919. The number of nitrogens with zero attached hydrogens (tertiary/aromatic N) is 3. The standard InChI is InChI=1S/C16H19Cl2N5OS/c1-16(20)5-6-23(8-11(16)24)12-7-21-15(14(19)22-12)25-10-4-2-3-9(17)13(10)18/h2-4,7,11,24H,5-6,8,20H2,1H3,(H2,19,22)/t11-,16+/m0/s1. The molecular formula is C16H19Cl2N5OS. The minimum absolute atomic E-state index is 0.300. The predicted molar refractivity (Wildman–Crippen MR) is 102 cm³/mol. The summed E-state index contributed by atoms with van der Waals surface area (Å²) in [6.07, 6.45) is 1.66. The summed E-state index contributed by atoms with van der Waals surface area (Å²) in [6.45, 7) is 2.93. The second-order valence-electron chi connectivity index (χ2n) is 6.29. The van der Waals surface area contributed by atoms with E-state index in [1.54, 1.807) is 12.3 Å². The highest BCUT2D eigenvalue weighted by Crippen LogP contribution is 2.38. The van der Waals surface area contributed by atoms with Crippen molar-refractivity contribution in [1.82, 2.24) is 9.97 Å². The SMILES string of the molecule is C[C@@]1(N)CCN(c2cnc(Sc3cccc(Cl)c3Cl)c(N)n2)C[C@@H]1O. The van der Waals surface area contributed by atoms with Gasteiger partial charge in [-0.1, -0.05) is 41.0 Å². The van der Waals surface area contributed by atoms with Gasteiger partial charge in [-0.2, -0.15) is 0 Å². The monoisotopic (exact) mass is 399 g/mol. The van der Waals surface area contributed by atoms with E-state index in [4.69, 9.17) is 34.7 Å². The Kier molecular flexibility index (Phi) is 5.31. The summed E-state index contributed by atoms with van der Waals surface area (Å²) in [4.78, 5) is 11.5. The van der Waals surface area contributed by atoms with Gasteiger partial charge in [0.1, 0.15) is 10.8 Å². The Morgan fingerprint density at radius 1 is 1.40 bits per heavy atom. The van der Waals surface area contributed by atoms with Gasteiger partial charge in [0, 0.05) is 23.5 Å². The minimum atomic E-state index is -0.636. The number of aromatic nitrogens is 2. The van der Waals surface area contributed by atoms with Crippen LogP contribution in [0.25, 0.3) is 0 Å². The number of β-amino-alcohol motifs (C(OH)–C–C–N with tert-alkyl or cyclic N) is 1. The topological polar surface area (TPSA) is 101 Å². The zero-order valence-corrected chi connectivity index (χ0v) is 15.9. The zero-order valence-electron chi connectivity index (χ0n) is 13.6. The highest BCUT2D eigenvalue weighted by molar-refractivity contribution is 7.99. The fraction of sp³-hybridized carbons (Fsp3) is 0.375. The van der Waals surface area contributed by atoms with Crippen LogP contribution in [-0.2, 0) is 0 Å². The van der Waals surface area contributed by atoms with Crippen LogP contribution in [0.3, 0.4) is 0 Å².